The van der Waals surface area contributed by atoms with E-state index in [1.807, 2.05) is 19.1 Å². The van der Waals surface area contributed by atoms with E-state index in [2.05, 4.69) is 5.32 Å². The Morgan fingerprint density at radius 1 is 1.67 bits per heavy atom. The van der Waals surface area contributed by atoms with E-state index in [1.165, 1.54) is 0 Å². The van der Waals surface area contributed by atoms with Gasteiger partial charge in [-0.15, -0.1) is 0 Å². The van der Waals surface area contributed by atoms with Gasteiger partial charge in [-0.05, 0) is 26.2 Å². The van der Waals surface area contributed by atoms with Gasteiger partial charge in [0.25, 0.3) is 0 Å². The fourth-order valence-corrected chi connectivity index (χ4v) is 1.82. The third-order valence-corrected chi connectivity index (χ3v) is 2.67. The zero-order valence-electron chi connectivity index (χ0n) is 9.28. The van der Waals surface area contributed by atoms with Crippen molar-refractivity contribution in [1.82, 2.24) is 10.2 Å². The van der Waals surface area contributed by atoms with E-state index in [-0.39, 0.29) is 18.7 Å². The Hall–Kier alpha value is -1.03. The summed E-state index contributed by atoms with van der Waals surface area (Å²) in [6, 6.07) is -0.0252. The van der Waals surface area contributed by atoms with Gasteiger partial charge in [0.1, 0.15) is 0 Å². The second-order valence-electron chi connectivity index (χ2n) is 3.76. The Morgan fingerprint density at radius 2 is 2.47 bits per heavy atom. The lowest BCUT2D eigenvalue weighted by Crippen LogP contribution is -2.44. The number of likely N-dealkylation sites (tertiary alicyclic amines) is 1. The molecule has 0 radical (unpaired) electrons. The smallest absolute Gasteiger partial charge is 0.317 e. The van der Waals surface area contributed by atoms with E-state index in [9.17, 15) is 4.79 Å². The predicted molar refractivity (Wildman–Crippen MR) is 59.6 cm³/mol. The van der Waals surface area contributed by atoms with Gasteiger partial charge in [-0.3, -0.25) is 0 Å². The fourth-order valence-electron chi connectivity index (χ4n) is 1.82. The SMILES string of the molecule is C/C=C/CCNC(=O)N1CCCC1CO. The summed E-state index contributed by atoms with van der Waals surface area (Å²) < 4.78 is 0. The minimum Gasteiger partial charge on any atom is -0.394 e. The maximum absolute atomic E-state index is 11.7. The minimum atomic E-state index is -0.0453. The number of carbonyl (C=O) groups excluding carboxylic acids is 1. The Morgan fingerprint density at radius 3 is 3.13 bits per heavy atom. The molecule has 4 nitrogen and oxygen atoms in total. The maximum atomic E-state index is 11.7. The van der Waals surface area contributed by atoms with Crippen molar-refractivity contribution in [2.75, 3.05) is 19.7 Å². The molecule has 1 aliphatic heterocycles. The highest BCUT2D eigenvalue weighted by Gasteiger charge is 2.27. The molecule has 1 rings (SSSR count). The molecule has 0 aromatic carbocycles. The Balaban J connectivity index is 2.26. The number of rotatable bonds is 4. The lowest BCUT2D eigenvalue weighted by molar-refractivity contribution is 0.157. The normalized spacial score (nSPS) is 21.2. The van der Waals surface area contributed by atoms with Crippen LogP contribution < -0.4 is 5.32 Å². The molecular weight excluding hydrogens is 192 g/mol. The van der Waals surface area contributed by atoms with E-state index in [1.54, 1.807) is 4.90 Å². The largest absolute Gasteiger partial charge is 0.394 e. The van der Waals surface area contributed by atoms with E-state index < -0.39 is 0 Å². The summed E-state index contributed by atoms with van der Waals surface area (Å²) in [5, 5.41) is 11.9. The van der Waals surface area contributed by atoms with Crippen molar-refractivity contribution in [3.63, 3.8) is 0 Å². The van der Waals surface area contributed by atoms with E-state index in [4.69, 9.17) is 5.11 Å². The highest BCUT2D eigenvalue weighted by molar-refractivity contribution is 5.74. The van der Waals surface area contributed by atoms with Gasteiger partial charge in [-0.2, -0.15) is 0 Å². The van der Waals surface area contributed by atoms with Crippen molar-refractivity contribution < 1.29 is 9.90 Å². The van der Waals surface area contributed by atoms with Gasteiger partial charge >= 0.3 is 6.03 Å². The molecule has 1 heterocycles. The standard InChI is InChI=1S/C11H20N2O2/c1-2-3-4-7-12-11(15)13-8-5-6-10(13)9-14/h2-3,10,14H,4-9H2,1H3,(H,12,15)/b3-2+. The minimum absolute atomic E-state index is 0.0201. The number of carbonyl (C=O) groups is 1. The van der Waals surface area contributed by atoms with Crippen LogP contribution in [0.4, 0.5) is 4.79 Å². The summed E-state index contributed by atoms with van der Waals surface area (Å²) in [5.41, 5.74) is 0. The lowest BCUT2D eigenvalue weighted by atomic mass is 10.2. The summed E-state index contributed by atoms with van der Waals surface area (Å²) >= 11 is 0. The summed E-state index contributed by atoms with van der Waals surface area (Å²) in [5.74, 6) is 0. The van der Waals surface area contributed by atoms with Crippen LogP contribution in [0, 0.1) is 0 Å². The molecule has 1 unspecified atom stereocenters. The molecule has 0 aromatic rings. The Bertz CT molecular complexity index is 229. The van der Waals surface area contributed by atoms with E-state index in [0.29, 0.717) is 6.54 Å². The van der Waals surface area contributed by atoms with Crippen LogP contribution in [0.1, 0.15) is 26.2 Å². The molecule has 0 aromatic heterocycles. The first-order valence-corrected chi connectivity index (χ1v) is 5.56. The molecule has 15 heavy (non-hydrogen) atoms. The number of nitrogens with one attached hydrogen (secondary N) is 1. The number of hydrogen-bond acceptors (Lipinski definition) is 2. The van der Waals surface area contributed by atoms with Crippen molar-refractivity contribution in [3.8, 4) is 0 Å². The molecule has 1 fully saturated rings. The monoisotopic (exact) mass is 212 g/mol. The molecule has 2 amide bonds. The molecule has 1 saturated heterocycles. The van der Waals surface area contributed by atoms with Crippen LogP contribution in [-0.2, 0) is 0 Å². The van der Waals surface area contributed by atoms with Gasteiger partial charge < -0.3 is 15.3 Å². The molecule has 1 atom stereocenters. The molecule has 4 heteroatoms. The van der Waals surface area contributed by atoms with E-state index in [0.717, 1.165) is 25.8 Å². The van der Waals surface area contributed by atoms with Gasteiger partial charge in [-0.1, -0.05) is 12.2 Å². The molecular formula is C11H20N2O2. The van der Waals surface area contributed by atoms with Gasteiger partial charge in [-0.25, -0.2) is 4.79 Å². The van der Waals surface area contributed by atoms with Crippen molar-refractivity contribution in [2.24, 2.45) is 0 Å². The van der Waals surface area contributed by atoms with Crippen molar-refractivity contribution >= 4 is 6.03 Å². The molecule has 86 valence electrons. The van der Waals surface area contributed by atoms with Crippen LogP contribution in [0.3, 0.4) is 0 Å². The van der Waals surface area contributed by atoms with Crippen LogP contribution in [-0.4, -0.2) is 41.8 Å². The highest BCUT2D eigenvalue weighted by Crippen LogP contribution is 2.16. The first-order valence-electron chi connectivity index (χ1n) is 5.56. The zero-order chi connectivity index (χ0) is 11.1. The van der Waals surface area contributed by atoms with Gasteiger partial charge in [0.15, 0.2) is 0 Å². The molecule has 0 saturated carbocycles. The average Bonchev–Trinajstić information content (AvgIpc) is 2.72. The van der Waals surface area contributed by atoms with Crippen LogP contribution >= 0.6 is 0 Å². The maximum Gasteiger partial charge on any atom is 0.317 e. The highest BCUT2D eigenvalue weighted by atomic mass is 16.3. The number of nitrogens with zero attached hydrogens (tertiary/aromatic N) is 1. The molecule has 0 aliphatic carbocycles. The topological polar surface area (TPSA) is 52.6 Å². The number of allylic oxidation sites excluding steroid dienone is 1. The number of aliphatic hydroxyl groups is 1. The number of urea groups is 1. The van der Waals surface area contributed by atoms with Gasteiger partial charge in [0.2, 0.25) is 0 Å². The molecule has 0 bridgehead atoms. The first kappa shape index (κ1) is 12.0. The second-order valence-corrected chi connectivity index (χ2v) is 3.76. The van der Waals surface area contributed by atoms with Crippen molar-refractivity contribution in [1.29, 1.82) is 0 Å². The molecule has 2 N–H and O–H groups in total. The summed E-state index contributed by atoms with van der Waals surface area (Å²) in [6.45, 7) is 3.46. The molecule has 1 aliphatic rings. The summed E-state index contributed by atoms with van der Waals surface area (Å²) in [6.07, 6.45) is 6.76. The van der Waals surface area contributed by atoms with E-state index >= 15 is 0 Å². The molecule has 0 spiro atoms. The Kier molecular flexibility index (Phi) is 5.18. The summed E-state index contributed by atoms with van der Waals surface area (Å²) in [7, 11) is 0. The Labute approximate surface area is 91.0 Å². The van der Waals surface area contributed by atoms with Crippen LogP contribution in [0.2, 0.25) is 0 Å². The van der Waals surface area contributed by atoms with Crippen molar-refractivity contribution in [3.05, 3.63) is 12.2 Å². The van der Waals surface area contributed by atoms with Gasteiger partial charge in [0, 0.05) is 13.1 Å². The first-order chi connectivity index (χ1) is 7.29. The van der Waals surface area contributed by atoms with Crippen LogP contribution in [0.25, 0.3) is 0 Å². The number of aliphatic hydroxyl groups excluding tert-OH is 1. The average molecular weight is 212 g/mol. The second kappa shape index (κ2) is 6.45. The lowest BCUT2D eigenvalue weighted by Gasteiger charge is -2.23. The van der Waals surface area contributed by atoms with Gasteiger partial charge in [0.05, 0.1) is 12.6 Å². The van der Waals surface area contributed by atoms with Crippen LogP contribution in [0.15, 0.2) is 12.2 Å². The summed E-state index contributed by atoms with van der Waals surface area (Å²) in [4.78, 5) is 13.4. The third kappa shape index (κ3) is 3.55. The number of amides is 2. The van der Waals surface area contributed by atoms with Crippen molar-refractivity contribution in [2.45, 2.75) is 32.2 Å². The predicted octanol–water partition coefficient (Wildman–Crippen LogP) is 1.12. The zero-order valence-corrected chi connectivity index (χ0v) is 9.28. The van der Waals surface area contributed by atoms with Crippen LogP contribution in [0.5, 0.6) is 0 Å². The number of hydrogen-bond donors (Lipinski definition) is 2. The third-order valence-electron chi connectivity index (χ3n) is 2.67. The fraction of sp³-hybridized carbons (Fsp3) is 0.727. The quantitative estimate of drug-likeness (QED) is 0.542.